The van der Waals surface area contributed by atoms with E-state index in [0.717, 1.165) is 11.3 Å². The summed E-state index contributed by atoms with van der Waals surface area (Å²) >= 11 is 0. The molecular weight excluding hydrogens is 340 g/mol. The minimum Gasteiger partial charge on any atom is -0.489 e. The molecule has 1 N–H and O–H groups in total. The lowest BCUT2D eigenvalue weighted by atomic mass is 9.94. The van der Waals surface area contributed by atoms with Crippen molar-refractivity contribution in [2.45, 2.75) is 39.7 Å². The van der Waals surface area contributed by atoms with Gasteiger partial charge < -0.3 is 9.84 Å². The second-order valence-electron chi connectivity index (χ2n) is 5.76. The standard InChI is InChI=1S/C19H24O2.BrH/c1-14(2)19-9-6-16(12-17(19)10-11-20)13-21-18-7-4-15(3)5-8-18;/h4-9,12,14,20H,10-11,13H2,1-3H3;1H. The van der Waals surface area contributed by atoms with Crippen molar-refractivity contribution in [3.05, 3.63) is 64.7 Å². The molecule has 0 radical (unpaired) electrons. The molecule has 2 aromatic rings. The third-order valence-electron chi connectivity index (χ3n) is 3.64. The van der Waals surface area contributed by atoms with E-state index in [1.165, 1.54) is 16.7 Å². The quantitative estimate of drug-likeness (QED) is 0.796. The van der Waals surface area contributed by atoms with Gasteiger partial charge in [-0.05, 0) is 48.1 Å². The van der Waals surface area contributed by atoms with Gasteiger partial charge in [-0.2, -0.15) is 0 Å². The Morgan fingerprint density at radius 1 is 1.05 bits per heavy atom. The average Bonchev–Trinajstić information content (AvgIpc) is 2.47. The van der Waals surface area contributed by atoms with Crippen LogP contribution in [0.4, 0.5) is 0 Å². The summed E-state index contributed by atoms with van der Waals surface area (Å²) in [6.45, 7) is 7.16. The van der Waals surface area contributed by atoms with Gasteiger partial charge in [0.2, 0.25) is 0 Å². The molecule has 0 aromatic heterocycles. The first-order valence-electron chi connectivity index (χ1n) is 7.52. The number of aryl methyl sites for hydroxylation is 1. The number of ether oxygens (including phenoxy) is 1. The van der Waals surface area contributed by atoms with E-state index in [9.17, 15) is 5.11 Å². The smallest absolute Gasteiger partial charge is 0.119 e. The molecule has 0 spiro atoms. The fraction of sp³-hybridized carbons (Fsp3) is 0.368. The van der Waals surface area contributed by atoms with Crippen LogP contribution in [-0.2, 0) is 13.0 Å². The molecule has 0 heterocycles. The molecular formula is C19H25BrO2. The summed E-state index contributed by atoms with van der Waals surface area (Å²) in [5.41, 5.74) is 4.90. The topological polar surface area (TPSA) is 29.5 Å². The zero-order valence-corrected chi connectivity index (χ0v) is 15.2. The lowest BCUT2D eigenvalue weighted by Crippen LogP contribution is -2.03. The number of hydrogen-bond acceptors (Lipinski definition) is 2. The van der Waals surface area contributed by atoms with Gasteiger partial charge in [-0.15, -0.1) is 17.0 Å². The van der Waals surface area contributed by atoms with Crippen LogP contribution in [0.15, 0.2) is 42.5 Å². The van der Waals surface area contributed by atoms with Gasteiger partial charge in [0.05, 0.1) is 0 Å². The molecule has 0 saturated carbocycles. The van der Waals surface area contributed by atoms with Crippen molar-refractivity contribution in [2.75, 3.05) is 6.61 Å². The van der Waals surface area contributed by atoms with Gasteiger partial charge in [-0.3, -0.25) is 0 Å². The van der Waals surface area contributed by atoms with E-state index in [2.05, 4.69) is 39.0 Å². The zero-order chi connectivity index (χ0) is 15.2. The predicted octanol–water partition coefficient (Wildman–Crippen LogP) is 4.81. The molecule has 0 aliphatic heterocycles. The molecule has 2 nitrogen and oxygen atoms in total. The molecule has 2 aromatic carbocycles. The second-order valence-corrected chi connectivity index (χ2v) is 5.76. The van der Waals surface area contributed by atoms with Crippen LogP contribution in [0.25, 0.3) is 0 Å². The van der Waals surface area contributed by atoms with Gasteiger partial charge in [-0.25, -0.2) is 0 Å². The Bertz CT molecular complexity index is 576. The Morgan fingerprint density at radius 3 is 2.32 bits per heavy atom. The SMILES string of the molecule is Br.Cc1ccc(OCc2ccc(C(C)C)c(CCO)c2)cc1. The molecule has 0 fully saturated rings. The third kappa shape index (κ3) is 5.15. The number of aliphatic hydroxyl groups excluding tert-OH is 1. The number of rotatable bonds is 6. The number of halogens is 1. The van der Waals surface area contributed by atoms with Gasteiger partial charge >= 0.3 is 0 Å². The summed E-state index contributed by atoms with van der Waals surface area (Å²) in [6.07, 6.45) is 0.700. The van der Waals surface area contributed by atoms with Crippen molar-refractivity contribution in [1.29, 1.82) is 0 Å². The van der Waals surface area contributed by atoms with Crippen LogP contribution in [0.3, 0.4) is 0 Å². The molecule has 120 valence electrons. The Morgan fingerprint density at radius 2 is 1.73 bits per heavy atom. The van der Waals surface area contributed by atoms with Crippen LogP contribution in [0, 0.1) is 6.92 Å². The molecule has 0 saturated heterocycles. The lowest BCUT2D eigenvalue weighted by molar-refractivity contribution is 0.297. The van der Waals surface area contributed by atoms with Gasteiger partial charge in [0.15, 0.2) is 0 Å². The maximum atomic E-state index is 9.22. The summed E-state index contributed by atoms with van der Waals surface area (Å²) in [5.74, 6) is 1.36. The summed E-state index contributed by atoms with van der Waals surface area (Å²) in [5, 5.41) is 9.22. The lowest BCUT2D eigenvalue weighted by Gasteiger charge is -2.14. The van der Waals surface area contributed by atoms with E-state index in [1.807, 2.05) is 24.3 Å². The molecule has 0 aliphatic carbocycles. The molecule has 0 atom stereocenters. The molecule has 0 amide bonds. The van der Waals surface area contributed by atoms with Crippen molar-refractivity contribution in [3.63, 3.8) is 0 Å². The monoisotopic (exact) mass is 364 g/mol. The van der Waals surface area contributed by atoms with Gasteiger partial charge in [0, 0.05) is 6.61 Å². The first-order chi connectivity index (χ1) is 10.1. The fourth-order valence-electron chi connectivity index (χ4n) is 2.45. The Balaban J connectivity index is 0.00000242. The first-order valence-corrected chi connectivity index (χ1v) is 7.52. The molecule has 22 heavy (non-hydrogen) atoms. The predicted molar refractivity (Wildman–Crippen MR) is 97.2 cm³/mol. The summed E-state index contributed by atoms with van der Waals surface area (Å²) in [6, 6.07) is 14.5. The fourth-order valence-corrected chi connectivity index (χ4v) is 2.45. The van der Waals surface area contributed by atoms with Gasteiger partial charge in [0.1, 0.15) is 12.4 Å². The maximum Gasteiger partial charge on any atom is 0.119 e. The van der Waals surface area contributed by atoms with Crippen LogP contribution in [0.1, 0.15) is 42.0 Å². The number of benzene rings is 2. The highest BCUT2D eigenvalue weighted by atomic mass is 79.9. The summed E-state index contributed by atoms with van der Waals surface area (Å²) < 4.78 is 5.82. The van der Waals surface area contributed by atoms with Gasteiger partial charge in [-0.1, -0.05) is 49.7 Å². The highest BCUT2D eigenvalue weighted by Gasteiger charge is 2.08. The van der Waals surface area contributed by atoms with E-state index < -0.39 is 0 Å². The normalized spacial score (nSPS) is 10.4. The Labute approximate surface area is 143 Å². The Hall–Kier alpha value is -1.32. The van der Waals surface area contributed by atoms with E-state index in [-0.39, 0.29) is 23.6 Å². The number of aliphatic hydroxyl groups is 1. The summed E-state index contributed by atoms with van der Waals surface area (Å²) in [4.78, 5) is 0. The minimum absolute atomic E-state index is 0. The van der Waals surface area contributed by atoms with Crippen LogP contribution < -0.4 is 4.74 Å². The van der Waals surface area contributed by atoms with Crippen LogP contribution in [0.2, 0.25) is 0 Å². The van der Waals surface area contributed by atoms with Crippen molar-refractivity contribution >= 4 is 17.0 Å². The minimum atomic E-state index is 0. The zero-order valence-electron chi connectivity index (χ0n) is 13.5. The van der Waals surface area contributed by atoms with Crippen LogP contribution >= 0.6 is 17.0 Å². The third-order valence-corrected chi connectivity index (χ3v) is 3.64. The van der Waals surface area contributed by atoms with Crippen LogP contribution in [-0.4, -0.2) is 11.7 Å². The summed E-state index contributed by atoms with van der Waals surface area (Å²) in [7, 11) is 0. The first kappa shape index (κ1) is 18.7. The van der Waals surface area contributed by atoms with Crippen molar-refractivity contribution in [2.24, 2.45) is 0 Å². The molecule has 0 unspecified atom stereocenters. The van der Waals surface area contributed by atoms with Crippen molar-refractivity contribution in [1.82, 2.24) is 0 Å². The highest BCUT2D eigenvalue weighted by Crippen LogP contribution is 2.22. The molecule has 0 aliphatic rings. The molecule has 2 rings (SSSR count). The highest BCUT2D eigenvalue weighted by molar-refractivity contribution is 8.93. The molecule has 0 bridgehead atoms. The van der Waals surface area contributed by atoms with Crippen molar-refractivity contribution in [3.8, 4) is 5.75 Å². The Kier molecular flexibility index (Phi) is 7.63. The largest absolute Gasteiger partial charge is 0.489 e. The van der Waals surface area contributed by atoms with Crippen molar-refractivity contribution < 1.29 is 9.84 Å². The number of hydrogen-bond donors (Lipinski definition) is 1. The average molecular weight is 365 g/mol. The molecule has 3 heteroatoms. The second kappa shape index (κ2) is 8.96. The maximum absolute atomic E-state index is 9.22. The van der Waals surface area contributed by atoms with E-state index in [1.54, 1.807) is 0 Å². The van der Waals surface area contributed by atoms with E-state index in [0.29, 0.717) is 18.9 Å². The van der Waals surface area contributed by atoms with Gasteiger partial charge in [0.25, 0.3) is 0 Å². The van der Waals surface area contributed by atoms with Crippen LogP contribution in [0.5, 0.6) is 5.75 Å². The van der Waals surface area contributed by atoms with E-state index >= 15 is 0 Å². The van der Waals surface area contributed by atoms with E-state index in [4.69, 9.17) is 4.74 Å².